The van der Waals surface area contributed by atoms with Gasteiger partial charge in [-0.15, -0.1) is 0 Å². The first kappa shape index (κ1) is 27.7. The SMILES string of the molecule is CC1(C)O[C@@H]2[C@H](O1)C(COC(c1ccccc1)(c1ccccc1)c1ccccc1)=C[C@H]2n1cnc2c(Cl)nc(I)nc21. The lowest BCUT2D eigenvalue weighted by molar-refractivity contribution is -0.148. The first-order chi connectivity index (χ1) is 20.4. The van der Waals surface area contributed by atoms with Crippen molar-refractivity contribution < 1.29 is 14.2 Å². The van der Waals surface area contributed by atoms with Gasteiger partial charge in [-0.2, -0.15) is 0 Å². The maximum Gasteiger partial charge on any atom is 0.194 e. The number of hydrogen-bond acceptors (Lipinski definition) is 6. The Labute approximate surface area is 262 Å². The van der Waals surface area contributed by atoms with E-state index in [9.17, 15) is 0 Å². The molecule has 3 aromatic carbocycles. The van der Waals surface area contributed by atoms with Gasteiger partial charge in [-0.1, -0.05) is 109 Å². The van der Waals surface area contributed by atoms with Crippen LogP contribution >= 0.6 is 34.2 Å². The summed E-state index contributed by atoms with van der Waals surface area (Å²) in [7, 11) is 0. The highest BCUT2D eigenvalue weighted by Crippen LogP contribution is 2.46. The predicted molar refractivity (Wildman–Crippen MR) is 169 cm³/mol. The van der Waals surface area contributed by atoms with E-state index in [2.05, 4.69) is 116 Å². The number of halogens is 2. The minimum atomic E-state index is -0.855. The second kappa shape index (κ2) is 10.8. The summed E-state index contributed by atoms with van der Waals surface area (Å²) in [5.74, 6) is -0.764. The maximum absolute atomic E-state index is 7.16. The summed E-state index contributed by atoms with van der Waals surface area (Å²) in [4.78, 5) is 13.4. The third kappa shape index (κ3) is 4.75. The van der Waals surface area contributed by atoms with E-state index in [4.69, 9.17) is 25.8 Å². The highest BCUT2D eigenvalue weighted by Gasteiger charge is 2.51. The van der Waals surface area contributed by atoms with Crippen molar-refractivity contribution in [1.82, 2.24) is 19.5 Å². The van der Waals surface area contributed by atoms with Gasteiger partial charge in [0.2, 0.25) is 0 Å². The molecule has 0 radical (unpaired) electrons. The van der Waals surface area contributed by atoms with Gasteiger partial charge < -0.3 is 18.8 Å². The molecule has 1 saturated heterocycles. The van der Waals surface area contributed by atoms with E-state index in [0.717, 1.165) is 22.3 Å². The number of hydrogen-bond donors (Lipinski definition) is 0. The van der Waals surface area contributed by atoms with E-state index >= 15 is 0 Å². The van der Waals surface area contributed by atoms with Crippen LogP contribution in [0.4, 0.5) is 0 Å². The van der Waals surface area contributed by atoms with Crippen molar-refractivity contribution in [3.63, 3.8) is 0 Å². The first-order valence-corrected chi connectivity index (χ1v) is 15.2. The van der Waals surface area contributed by atoms with Gasteiger partial charge in [0.1, 0.15) is 23.3 Å². The largest absolute Gasteiger partial charge is 0.356 e. The molecule has 7 nitrogen and oxygen atoms in total. The molecule has 1 aliphatic heterocycles. The monoisotopic (exact) mass is 690 g/mol. The summed E-state index contributed by atoms with van der Waals surface area (Å²) in [5.41, 5.74) is 4.48. The van der Waals surface area contributed by atoms with Crippen LogP contribution in [0.25, 0.3) is 11.2 Å². The van der Waals surface area contributed by atoms with E-state index in [1.54, 1.807) is 6.33 Å². The van der Waals surface area contributed by atoms with Crippen molar-refractivity contribution in [1.29, 1.82) is 0 Å². The average molecular weight is 691 g/mol. The van der Waals surface area contributed by atoms with Gasteiger partial charge in [-0.25, -0.2) is 15.0 Å². The third-order valence-electron chi connectivity index (χ3n) is 7.89. The van der Waals surface area contributed by atoms with E-state index < -0.39 is 11.4 Å². The van der Waals surface area contributed by atoms with Crippen molar-refractivity contribution >= 4 is 45.4 Å². The predicted octanol–water partition coefficient (Wildman–Crippen LogP) is 7.09. The molecule has 9 heteroatoms. The third-order valence-corrected chi connectivity index (χ3v) is 8.63. The molecule has 3 heterocycles. The Bertz CT molecular complexity index is 1670. The molecule has 0 spiro atoms. The number of fused-ring (bicyclic) bond motifs is 2. The van der Waals surface area contributed by atoms with Crippen LogP contribution in [0, 0.1) is 3.83 Å². The Hall–Kier alpha value is -3.15. The molecular formula is C33H28ClIN4O3. The molecule has 7 rings (SSSR count). The van der Waals surface area contributed by atoms with Crippen LogP contribution in [0.5, 0.6) is 0 Å². The summed E-state index contributed by atoms with van der Waals surface area (Å²) in [6, 6.07) is 30.9. The van der Waals surface area contributed by atoms with Crippen molar-refractivity contribution in [3.05, 3.63) is 135 Å². The number of ether oxygens (including phenoxy) is 3. The van der Waals surface area contributed by atoms with Crippen LogP contribution in [0.2, 0.25) is 5.15 Å². The fraction of sp³-hybridized carbons (Fsp3) is 0.242. The van der Waals surface area contributed by atoms with Gasteiger partial charge in [0.25, 0.3) is 0 Å². The lowest BCUT2D eigenvalue weighted by Crippen LogP contribution is -2.35. The summed E-state index contributed by atoms with van der Waals surface area (Å²) in [6.07, 6.45) is 3.32. The summed E-state index contributed by atoms with van der Waals surface area (Å²) in [5, 5.41) is 0.326. The molecule has 42 heavy (non-hydrogen) atoms. The molecule has 0 unspecified atom stereocenters. The maximum atomic E-state index is 7.16. The van der Waals surface area contributed by atoms with Crippen molar-refractivity contribution in [2.45, 2.75) is 43.5 Å². The Morgan fingerprint density at radius 1 is 0.881 bits per heavy atom. The first-order valence-electron chi connectivity index (χ1n) is 13.8. The molecule has 0 saturated carbocycles. The number of imidazole rings is 1. The zero-order valence-corrected chi connectivity index (χ0v) is 25.9. The van der Waals surface area contributed by atoms with E-state index in [1.165, 1.54) is 0 Å². The van der Waals surface area contributed by atoms with E-state index in [0.29, 0.717) is 26.8 Å². The van der Waals surface area contributed by atoms with Gasteiger partial charge in [0, 0.05) is 22.6 Å². The number of benzene rings is 3. The zero-order chi connectivity index (χ0) is 28.9. The molecule has 0 amide bonds. The normalized spacial score (nSPS) is 21.4. The van der Waals surface area contributed by atoms with Gasteiger partial charge in [-0.05, 0) is 36.1 Å². The highest BCUT2D eigenvalue weighted by atomic mass is 127. The van der Waals surface area contributed by atoms with Gasteiger partial charge >= 0.3 is 0 Å². The minimum absolute atomic E-state index is 0.221. The lowest BCUT2D eigenvalue weighted by Gasteiger charge is -2.36. The van der Waals surface area contributed by atoms with Crippen LogP contribution in [-0.4, -0.2) is 44.1 Å². The second-order valence-electron chi connectivity index (χ2n) is 10.9. The molecule has 2 aromatic heterocycles. The number of nitrogens with zero attached hydrogens (tertiary/aromatic N) is 4. The molecular weight excluding hydrogens is 663 g/mol. The van der Waals surface area contributed by atoms with Crippen LogP contribution in [0.3, 0.4) is 0 Å². The number of aromatic nitrogens is 4. The molecule has 0 N–H and O–H groups in total. The van der Waals surface area contributed by atoms with Gasteiger partial charge in [-0.3, -0.25) is 0 Å². The Morgan fingerprint density at radius 2 is 1.45 bits per heavy atom. The highest BCUT2D eigenvalue weighted by molar-refractivity contribution is 14.1. The molecule has 1 fully saturated rings. The fourth-order valence-corrected chi connectivity index (χ4v) is 6.96. The standard InChI is InChI=1S/C33H28ClIN4O3/c1-32(2)41-27-21(18-25(28(27)42-32)39-20-36-26-29(34)37-31(35)38-30(26)39)19-40-33(22-12-6-3-7-13-22,23-14-8-4-9-15-23)24-16-10-5-11-17-24/h3-18,20,25,27-28H,19H2,1-2H3/t25-,27-,28+/m1/s1. The fourth-order valence-electron chi connectivity index (χ4n) is 6.14. The Kier molecular flexibility index (Phi) is 7.14. The molecule has 5 aromatic rings. The lowest BCUT2D eigenvalue weighted by atomic mass is 9.80. The van der Waals surface area contributed by atoms with Crippen molar-refractivity contribution in [2.24, 2.45) is 0 Å². The van der Waals surface area contributed by atoms with Gasteiger partial charge in [0.15, 0.2) is 20.4 Å². The summed E-state index contributed by atoms with van der Waals surface area (Å²) in [6.45, 7) is 4.20. The van der Waals surface area contributed by atoms with E-state index in [1.807, 2.05) is 36.6 Å². The Morgan fingerprint density at radius 3 is 2.02 bits per heavy atom. The number of rotatable bonds is 7. The topological polar surface area (TPSA) is 71.3 Å². The minimum Gasteiger partial charge on any atom is -0.356 e. The van der Waals surface area contributed by atoms with Crippen molar-refractivity contribution in [3.8, 4) is 0 Å². The zero-order valence-electron chi connectivity index (χ0n) is 23.0. The molecule has 2 aliphatic rings. The molecule has 212 valence electrons. The smallest absolute Gasteiger partial charge is 0.194 e. The second-order valence-corrected chi connectivity index (χ2v) is 12.3. The van der Waals surface area contributed by atoms with E-state index in [-0.39, 0.29) is 18.2 Å². The molecule has 3 atom stereocenters. The summed E-state index contributed by atoms with van der Waals surface area (Å²) >= 11 is 8.49. The molecule has 0 bridgehead atoms. The van der Waals surface area contributed by atoms with Crippen LogP contribution in [0.1, 0.15) is 36.6 Å². The van der Waals surface area contributed by atoms with Gasteiger partial charge in [0.05, 0.1) is 19.0 Å². The van der Waals surface area contributed by atoms with Crippen LogP contribution in [-0.2, 0) is 19.8 Å². The average Bonchev–Trinajstić information content (AvgIpc) is 3.66. The molecule has 1 aliphatic carbocycles. The summed E-state index contributed by atoms with van der Waals surface area (Å²) < 4.78 is 22.7. The van der Waals surface area contributed by atoms with Crippen LogP contribution < -0.4 is 0 Å². The Balaban J connectivity index is 1.33. The van der Waals surface area contributed by atoms with Crippen molar-refractivity contribution in [2.75, 3.05) is 6.61 Å². The van der Waals surface area contributed by atoms with Crippen LogP contribution in [0.15, 0.2) is 109 Å². The quantitative estimate of drug-likeness (QED) is 0.0597.